The Bertz CT molecular complexity index is 784. The maximum Gasteiger partial charge on any atom is 0.137 e. The van der Waals surface area contributed by atoms with Gasteiger partial charge in [-0.3, -0.25) is 0 Å². The minimum atomic E-state index is 0.869. The standard InChI is InChI=1S/C18H21N3/c1-13-8-9-15(14(2)11-13)18-16(12-20(3)4)21-10-6-5-7-17(21)19-18/h5-11H,12H2,1-4H3. The number of nitrogens with zero attached hydrogens (tertiary/aromatic N) is 3. The van der Waals surface area contributed by atoms with Crippen molar-refractivity contribution in [2.75, 3.05) is 14.1 Å². The number of benzene rings is 1. The average Bonchev–Trinajstić information content (AvgIpc) is 2.77. The highest BCUT2D eigenvalue weighted by Crippen LogP contribution is 2.28. The van der Waals surface area contributed by atoms with E-state index in [1.165, 1.54) is 22.4 Å². The van der Waals surface area contributed by atoms with Crippen LogP contribution in [0, 0.1) is 13.8 Å². The molecule has 2 heterocycles. The molecule has 0 bridgehead atoms. The second kappa shape index (κ2) is 5.34. The van der Waals surface area contributed by atoms with Crippen molar-refractivity contribution >= 4 is 5.65 Å². The highest BCUT2D eigenvalue weighted by molar-refractivity contribution is 5.70. The van der Waals surface area contributed by atoms with Crippen LogP contribution in [0.1, 0.15) is 16.8 Å². The molecule has 21 heavy (non-hydrogen) atoms. The number of aromatic nitrogens is 2. The van der Waals surface area contributed by atoms with E-state index in [0.717, 1.165) is 17.9 Å². The average molecular weight is 279 g/mol. The molecule has 0 saturated heterocycles. The van der Waals surface area contributed by atoms with Crippen LogP contribution in [0.3, 0.4) is 0 Å². The topological polar surface area (TPSA) is 20.5 Å². The number of imidazole rings is 1. The molecule has 0 N–H and O–H groups in total. The van der Waals surface area contributed by atoms with Gasteiger partial charge in [-0.05, 0) is 45.6 Å². The van der Waals surface area contributed by atoms with Gasteiger partial charge in [-0.15, -0.1) is 0 Å². The number of fused-ring (bicyclic) bond motifs is 1. The highest BCUT2D eigenvalue weighted by atomic mass is 15.1. The van der Waals surface area contributed by atoms with Crippen LogP contribution in [0.4, 0.5) is 0 Å². The summed E-state index contributed by atoms with van der Waals surface area (Å²) in [6.07, 6.45) is 2.09. The molecule has 3 heteroatoms. The summed E-state index contributed by atoms with van der Waals surface area (Å²) in [5, 5.41) is 0. The molecule has 1 aromatic carbocycles. The van der Waals surface area contributed by atoms with E-state index in [9.17, 15) is 0 Å². The van der Waals surface area contributed by atoms with E-state index in [0.29, 0.717) is 0 Å². The molecule has 0 aliphatic carbocycles. The van der Waals surface area contributed by atoms with Crippen molar-refractivity contribution in [3.63, 3.8) is 0 Å². The fourth-order valence-electron chi connectivity index (χ4n) is 2.79. The molecule has 0 amide bonds. The number of aryl methyl sites for hydroxylation is 2. The van der Waals surface area contributed by atoms with Gasteiger partial charge in [0.25, 0.3) is 0 Å². The summed E-state index contributed by atoms with van der Waals surface area (Å²) in [7, 11) is 4.18. The SMILES string of the molecule is Cc1ccc(-c2nc3ccccn3c2CN(C)C)c(C)c1. The second-order valence-corrected chi connectivity index (χ2v) is 5.89. The van der Waals surface area contributed by atoms with Gasteiger partial charge < -0.3 is 9.30 Å². The first-order valence-electron chi connectivity index (χ1n) is 7.24. The van der Waals surface area contributed by atoms with Gasteiger partial charge >= 0.3 is 0 Å². The summed E-state index contributed by atoms with van der Waals surface area (Å²) in [6, 6.07) is 12.7. The Labute approximate surface area is 125 Å². The molecular weight excluding hydrogens is 258 g/mol. The van der Waals surface area contributed by atoms with Gasteiger partial charge in [-0.25, -0.2) is 4.98 Å². The normalized spacial score (nSPS) is 11.5. The second-order valence-electron chi connectivity index (χ2n) is 5.89. The molecule has 0 aliphatic rings. The number of pyridine rings is 1. The van der Waals surface area contributed by atoms with Gasteiger partial charge in [0.15, 0.2) is 0 Å². The molecule has 0 radical (unpaired) electrons. The fraction of sp³-hybridized carbons (Fsp3) is 0.278. The third kappa shape index (κ3) is 2.57. The molecule has 108 valence electrons. The van der Waals surface area contributed by atoms with Crippen molar-refractivity contribution in [2.45, 2.75) is 20.4 Å². The van der Waals surface area contributed by atoms with E-state index in [1.54, 1.807) is 0 Å². The molecule has 3 aromatic rings. The van der Waals surface area contributed by atoms with E-state index < -0.39 is 0 Å². The molecular formula is C18H21N3. The molecule has 0 saturated carbocycles. The van der Waals surface area contributed by atoms with Gasteiger partial charge in [0.05, 0.1) is 11.4 Å². The van der Waals surface area contributed by atoms with Crippen molar-refractivity contribution in [2.24, 2.45) is 0 Å². The lowest BCUT2D eigenvalue weighted by atomic mass is 10.0. The van der Waals surface area contributed by atoms with Crippen LogP contribution >= 0.6 is 0 Å². The Morgan fingerprint density at radius 2 is 1.90 bits per heavy atom. The molecule has 0 unspecified atom stereocenters. The number of hydrogen-bond acceptors (Lipinski definition) is 2. The van der Waals surface area contributed by atoms with Crippen LogP contribution in [0.5, 0.6) is 0 Å². The first kappa shape index (κ1) is 13.8. The van der Waals surface area contributed by atoms with Gasteiger partial charge in [0.2, 0.25) is 0 Å². The highest BCUT2D eigenvalue weighted by Gasteiger charge is 2.15. The summed E-state index contributed by atoms with van der Waals surface area (Å²) in [5.74, 6) is 0. The lowest BCUT2D eigenvalue weighted by Gasteiger charge is -2.12. The van der Waals surface area contributed by atoms with E-state index in [1.807, 2.05) is 6.07 Å². The van der Waals surface area contributed by atoms with Crippen molar-refractivity contribution < 1.29 is 0 Å². The monoisotopic (exact) mass is 279 g/mol. The third-order valence-electron chi connectivity index (χ3n) is 3.73. The Hall–Kier alpha value is -2.13. The lowest BCUT2D eigenvalue weighted by molar-refractivity contribution is 0.396. The minimum absolute atomic E-state index is 0.869. The molecule has 0 fully saturated rings. The van der Waals surface area contributed by atoms with E-state index in [2.05, 4.69) is 73.8 Å². The van der Waals surface area contributed by atoms with Crippen LogP contribution in [0.2, 0.25) is 0 Å². The summed E-state index contributed by atoms with van der Waals surface area (Å²) in [4.78, 5) is 7.05. The molecule has 0 aliphatic heterocycles. The minimum Gasteiger partial charge on any atom is -0.304 e. The van der Waals surface area contributed by atoms with Crippen molar-refractivity contribution in [1.29, 1.82) is 0 Å². The molecule has 0 spiro atoms. The maximum absolute atomic E-state index is 4.86. The largest absolute Gasteiger partial charge is 0.304 e. The summed E-state index contributed by atoms with van der Waals surface area (Å²) in [5.41, 5.74) is 7.12. The molecule has 3 nitrogen and oxygen atoms in total. The first-order valence-corrected chi connectivity index (χ1v) is 7.24. The Kier molecular flexibility index (Phi) is 3.52. The molecule has 2 aromatic heterocycles. The Balaban J connectivity index is 2.25. The Morgan fingerprint density at radius 3 is 2.62 bits per heavy atom. The van der Waals surface area contributed by atoms with Crippen LogP contribution in [0.25, 0.3) is 16.9 Å². The van der Waals surface area contributed by atoms with Crippen LogP contribution in [0.15, 0.2) is 42.6 Å². The van der Waals surface area contributed by atoms with Crippen LogP contribution < -0.4 is 0 Å². The first-order chi connectivity index (χ1) is 10.1. The van der Waals surface area contributed by atoms with Crippen molar-refractivity contribution in [3.8, 4) is 11.3 Å². The van der Waals surface area contributed by atoms with Gasteiger partial charge in [-0.2, -0.15) is 0 Å². The zero-order valence-corrected chi connectivity index (χ0v) is 13.1. The predicted octanol–water partition coefficient (Wildman–Crippen LogP) is 3.68. The zero-order chi connectivity index (χ0) is 15.0. The Morgan fingerprint density at radius 1 is 1.10 bits per heavy atom. The van der Waals surface area contributed by atoms with Gasteiger partial charge in [0.1, 0.15) is 5.65 Å². The predicted molar refractivity (Wildman–Crippen MR) is 87.5 cm³/mol. The van der Waals surface area contributed by atoms with Gasteiger partial charge in [0, 0.05) is 18.3 Å². The van der Waals surface area contributed by atoms with Crippen molar-refractivity contribution in [3.05, 3.63) is 59.4 Å². The van der Waals surface area contributed by atoms with Crippen molar-refractivity contribution in [1.82, 2.24) is 14.3 Å². The molecule has 0 atom stereocenters. The summed E-state index contributed by atoms with van der Waals surface area (Å²) < 4.78 is 2.19. The lowest BCUT2D eigenvalue weighted by Crippen LogP contribution is -2.13. The maximum atomic E-state index is 4.86. The van der Waals surface area contributed by atoms with Gasteiger partial charge in [-0.1, -0.05) is 29.8 Å². The quantitative estimate of drug-likeness (QED) is 0.729. The number of hydrogen-bond donors (Lipinski definition) is 0. The summed E-state index contributed by atoms with van der Waals surface area (Å²) in [6.45, 7) is 5.15. The van der Waals surface area contributed by atoms with E-state index in [-0.39, 0.29) is 0 Å². The smallest absolute Gasteiger partial charge is 0.137 e. The fourth-order valence-corrected chi connectivity index (χ4v) is 2.79. The van der Waals surface area contributed by atoms with Crippen LogP contribution in [-0.4, -0.2) is 28.4 Å². The van der Waals surface area contributed by atoms with E-state index >= 15 is 0 Å². The third-order valence-corrected chi connectivity index (χ3v) is 3.73. The van der Waals surface area contributed by atoms with E-state index in [4.69, 9.17) is 4.98 Å². The number of rotatable bonds is 3. The summed E-state index contributed by atoms with van der Waals surface area (Å²) >= 11 is 0. The zero-order valence-electron chi connectivity index (χ0n) is 13.1. The van der Waals surface area contributed by atoms with Crippen LogP contribution in [-0.2, 0) is 6.54 Å². The molecule has 3 rings (SSSR count).